The third-order valence-corrected chi connectivity index (χ3v) is 7.61. The van der Waals surface area contributed by atoms with E-state index in [4.69, 9.17) is 0 Å². The van der Waals surface area contributed by atoms with Gasteiger partial charge in [-0.3, -0.25) is 20.0 Å². The number of aliphatic hydroxyl groups is 1. The summed E-state index contributed by atoms with van der Waals surface area (Å²) in [7, 11) is 0. The second-order valence-electron chi connectivity index (χ2n) is 10.4. The first-order chi connectivity index (χ1) is 18.7. The van der Waals surface area contributed by atoms with E-state index in [2.05, 4.69) is 21.3 Å². The summed E-state index contributed by atoms with van der Waals surface area (Å²) < 4.78 is 40.3. The molecule has 39 heavy (non-hydrogen) atoms. The summed E-state index contributed by atoms with van der Waals surface area (Å²) in [5.74, 6) is 0. The fraction of sp³-hybridized carbons (Fsp3) is 0.345. The minimum atomic E-state index is -4.42. The number of para-hydroxylation sites is 1. The van der Waals surface area contributed by atoms with Gasteiger partial charge in [-0.2, -0.15) is 13.2 Å². The average molecular weight is 539 g/mol. The molecule has 10 heteroatoms. The summed E-state index contributed by atoms with van der Waals surface area (Å²) in [5, 5.41) is 26.3. The molecule has 7 nitrogen and oxygen atoms in total. The second kappa shape index (κ2) is 10.8. The van der Waals surface area contributed by atoms with Crippen LogP contribution in [0.4, 0.5) is 24.5 Å². The summed E-state index contributed by atoms with van der Waals surface area (Å²) >= 11 is 0. The van der Waals surface area contributed by atoms with Gasteiger partial charge >= 0.3 is 6.18 Å². The molecule has 2 N–H and O–H groups in total. The summed E-state index contributed by atoms with van der Waals surface area (Å²) in [6.07, 6.45) is -3.25. The van der Waals surface area contributed by atoms with Crippen LogP contribution in [-0.4, -0.2) is 47.7 Å². The van der Waals surface area contributed by atoms with Crippen molar-refractivity contribution in [3.05, 3.63) is 104 Å². The number of halogens is 3. The van der Waals surface area contributed by atoms with E-state index in [1.165, 1.54) is 29.8 Å². The van der Waals surface area contributed by atoms with E-state index in [-0.39, 0.29) is 11.3 Å². The molecule has 0 amide bonds. The van der Waals surface area contributed by atoms with Crippen LogP contribution >= 0.6 is 0 Å². The topological polar surface area (TPSA) is 91.0 Å². The molecule has 2 aliphatic rings. The summed E-state index contributed by atoms with van der Waals surface area (Å²) in [5.41, 5.74) is 1.32. The van der Waals surface area contributed by atoms with E-state index in [0.29, 0.717) is 37.3 Å². The van der Waals surface area contributed by atoms with Crippen molar-refractivity contribution in [3.8, 4) is 0 Å². The number of likely N-dealkylation sites (tertiary alicyclic amines) is 1. The normalized spacial score (nSPS) is 19.1. The number of hydrogen-bond donors (Lipinski definition) is 2. The van der Waals surface area contributed by atoms with Gasteiger partial charge in [-0.05, 0) is 54.8 Å². The van der Waals surface area contributed by atoms with Gasteiger partial charge in [0.15, 0.2) is 0 Å². The van der Waals surface area contributed by atoms with Gasteiger partial charge < -0.3 is 10.4 Å². The largest absolute Gasteiger partial charge is 0.416 e. The van der Waals surface area contributed by atoms with Crippen molar-refractivity contribution in [3.63, 3.8) is 0 Å². The fourth-order valence-electron chi connectivity index (χ4n) is 5.65. The number of anilines is 1. The van der Waals surface area contributed by atoms with Gasteiger partial charge in [0, 0.05) is 42.0 Å². The number of nitro groups is 1. The van der Waals surface area contributed by atoms with Crippen LogP contribution in [0.2, 0.25) is 0 Å². The Kier molecular flexibility index (Phi) is 7.42. The van der Waals surface area contributed by atoms with E-state index in [9.17, 15) is 28.4 Å². The molecule has 0 bridgehead atoms. The molecule has 0 saturated carbocycles. The molecule has 1 saturated heterocycles. The lowest BCUT2D eigenvalue weighted by atomic mass is 9.80. The average Bonchev–Trinajstić information content (AvgIpc) is 3.51. The van der Waals surface area contributed by atoms with Crippen molar-refractivity contribution in [2.45, 2.75) is 25.6 Å². The van der Waals surface area contributed by atoms with Crippen molar-refractivity contribution in [2.75, 3.05) is 38.0 Å². The van der Waals surface area contributed by atoms with Gasteiger partial charge in [0.2, 0.25) is 0 Å². The number of rotatable bonds is 9. The molecular weight excluding hydrogens is 509 g/mol. The van der Waals surface area contributed by atoms with Crippen LogP contribution in [0.1, 0.15) is 23.1 Å². The van der Waals surface area contributed by atoms with E-state index in [1.807, 2.05) is 18.2 Å². The molecule has 0 aliphatic carbocycles. The third-order valence-electron chi connectivity index (χ3n) is 7.61. The fourth-order valence-corrected chi connectivity index (χ4v) is 5.65. The summed E-state index contributed by atoms with van der Waals surface area (Å²) in [6.45, 7) is 2.76. The number of alkyl halides is 3. The Labute approximate surface area is 223 Å². The van der Waals surface area contributed by atoms with Crippen LogP contribution in [0.15, 0.2) is 71.7 Å². The lowest BCUT2D eigenvalue weighted by Gasteiger charge is -2.31. The van der Waals surface area contributed by atoms with Gasteiger partial charge in [0.05, 0.1) is 34.6 Å². The van der Waals surface area contributed by atoms with E-state index in [1.54, 1.807) is 12.1 Å². The number of nitro benzene ring substituents is 1. The van der Waals surface area contributed by atoms with Crippen molar-refractivity contribution < 1.29 is 23.2 Å². The highest BCUT2D eigenvalue weighted by Crippen LogP contribution is 2.37. The Balaban J connectivity index is 1.40. The molecule has 2 heterocycles. The van der Waals surface area contributed by atoms with Crippen molar-refractivity contribution in [2.24, 2.45) is 10.4 Å². The predicted octanol–water partition coefficient (Wildman–Crippen LogP) is 3.94. The van der Waals surface area contributed by atoms with Gasteiger partial charge in [0.1, 0.15) is 0 Å². The maximum absolute atomic E-state index is 13.4. The van der Waals surface area contributed by atoms with Crippen LogP contribution in [0.5, 0.6) is 0 Å². The summed E-state index contributed by atoms with van der Waals surface area (Å²) in [6, 6.07) is 18.1. The Hall–Kier alpha value is -3.76. The molecule has 204 valence electrons. The van der Waals surface area contributed by atoms with Crippen molar-refractivity contribution >= 4 is 16.9 Å². The Bertz CT molecular complexity index is 1510. The first-order valence-electron chi connectivity index (χ1n) is 12.8. The quantitative estimate of drug-likeness (QED) is 0.318. The van der Waals surface area contributed by atoms with E-state index >= 15 is 0 Å². The number of nitrogens with zero attached hydrogens (tertiary/aromatic N) is 3. The molecule has 1 fully saturated rings. The highest BCUT2D eigenvalue weighted by atomic mass is 19.4. The Morgan fingerprint density at radius 3 is 2.69 bits per heavy atom. The molecule has 0 spiro atoms. The van der Waals surface area contributed by atoms with Crippen LogP contribution in [0, 0.1) is 15.5 Å². The minimum Gasteiger partial charge on any atom is -0.391 e. The minimum absolute atomic E-state index is 0.178. The third kappa shape index (κ3) is 5.97. The zero-order valence-electron chi connectivity index (χ0n) is 21.2. The van der Waals surface area contributed by atoms with Gasteiger partial charge in [-0.15, -0.1) is 0 Å². The first-order valence-corrected chi connectivity index (χ1v) is 12.8. The van der Waals surface area contributed by atoms with Crippen molar-refractivity contribution in [1.29, 1.82) is 0 Å². The van der Waals surface area contributed by atoms with E-state index in [0.717, 1.165) is 36.2 Å². The number of aliphatic hydroxyl groups excluding tert-OH is 1. The van der Waals surface area contributed by atoms with Crippen molar-refractivity contribution in [1.82, 2.24) is 4.90 Å². The molecule has 1 atom stereocenters. The number of hydrogen-bond acceptors (Lipinski definition) is 6. The smallest absolute Gasteiger partial charge is 0.391 e. The number of nitrogens with one attached hydrogen (secondary N) is 1. The lowest BCUT2D eigenvalue weighted by molar-refractivity contribution is -0.385. The maximum atomic E-state index is 13.4. The molecule has 0 radical (unpaired) electrons. The summed E-state index contributed by atoms with van der Waals surface area (Å²) in [4.78, 5) is 17.9. The zero-order chi connectivity index (χ0) is 27.6. The molecular formula is C29H29F3N4O3. The molecule has 2 aliphatic heterocycles. The van der Waals surface area contributed by atoms with Gasteiger partial charge in [-0.1, -0.05) is 36.4 Å². The van der Waals surface area contributed by atoms with Crippen LogP contribution < -0.4 is 15.9 Å². The zero-order valence-corrected chi connectivity index (χ0v) is 21.2. The lowest BCUT2D eigenvalue weighted by Crippen LogP contribution is -2.37. The Morgan fingerprint density at radius 2 is 1.92 bits per heavy atom. The van der Waals surface area contributed by atoms with Gasteiger partial charge in [-0.25, -0.2) is 0 Å². The van der Waals surface area contributed by atoms with Crippen LogP contribution in [0.25, 0.3) is 5.57 Å². The van der Waals surface area contributed by atoms with Crippen LogP contribution in [0.3, 0.4) is 0 Å². The highest BCUT2D eigenvalue weighted by molar-refractivity contribution is 5.55. The van der Waals surface area contributed by atoms with Gasteiger partial charge in [0.25, 0.3) is 5.69 Å². The number of benzene rings is 3. The molecule has 1 unspecified atom stereocenters. The van der Waals surface area contributed by atoms with E-state index < -0.39 is 28.7 Å². The first kappa shape index (κ1) is 26.8. The Morgan fingerprint density at radius 1 is 1.10 bits per heavy atom. The highest BCUT2D eigenvalue weighted by Gasteiger charge is 2.39. The molecule has 3 aromatic rings. The molecule has 0 aromatic heterocycles. The monoisotopic (exact) mass is 538 g/mol. The molecule has 3 aromatic carbocycles. The standard InChI is InChI=1S/C29H29F3N4O3/c30-29(31,32)23-5-3-4-20(12-23)14-28(18-34-24-9-8-21(17-37)27(13-24)36(38)39)10-11-35(19-28)16-22-15-33-26-7-2-1-6-25(22)26/h1-9,12-13,34,37H,10-11,14-19H2. The second-order valence-corrected chi connectivity index (χ2v) is 10.4. The predicted molar refractivity (Wildman–Crippen MR) is 142 cm³/mol. The number of fused-ring (bicyclic) bond motifs is 1. The SMILES string of the molecule is O=[N+]([O-])c1cc(NCC2(Cc3cccc(C(F)(F)F)c3)CCN(CC3=c4ccccc4=NC3)C2)ccc1CO. The van der Waals surface area contributed by atoms with Crippen LogP contribution in [-0.2, 0) is 19.2 Å². The maximum Gasteiger partial charge on any atom is 0.416 e. The molecule has 5 rings (SSSR count).